The Labute approximate surface area is 81.3 Å². The van der Waals surface area contributed by atoms with Crippen LogP contribution in [0.25, 0.3) is 0 Å². The van der Waals surface area contributed by atoms with Crippen molar-refractivity contribution in [1.82, 2.24) is 0 Å². The third-order valence-corrected chi connectivity index (χ3v) is 1.31. The van der Waals surface area contributed by atoms with E-state index in [4.69, 9.17) is 11.6 Å². The summed E-state index contributed by atoms with van der Waals surface area (Å²) in [7, 11) is 1.35. The fourth-order valence-corrected chi connectivity index (χ4v) is 0.637. The van der Waals surface area contributed by atoms with Crippen molar-refractivity contribution >= 4 is 17.6 Å². The van der Waals surface area contributed by atoms with Crippen LogP contribution in [-0.2, 0) is 9.53 Å². The minimum absolute atomic E-state index is 0.245. The maximum Gasteiger partial charge on any atom is 0.302 e. The van der Waals surface area contributed by atoms with Crippen molar-refractivity contribution in [1.29, 1.82) is 0 Å². The normalized spacial score (nSPS) is 8.31. The molecule has 0 saturated heterocycles. The van der Waals surface area contributed by atoms with Gasteiger partial charge in [0, 0.05) is 11.9 Å². The fraction of sp³-hybridized carbons (Fsp3) is 0.222. The molecule has 0 amide bonds. The van der Waals surface area contributed by atoms with Crippen LogP contribution in [0.5, 0.6) is 0 Å². The van der Waals surface area contributed by atoms with Gasteiger partial charge in [0.25, 0.3) is 0 Å². The number of hydrogen-bond acceptors (Lipinski definition) is 2. The highest BCUT2D eigenvalue weighted by Crippen LogP contribution is 2.07. The summed E-state index contributed by atoms with van der Waals surface area (Å²) in [5, 5.41) is 0.435. The molecule has 0 saturated carbocycles. The average Bonchev–Trinajstić information content (AvgIpc) is 2.05. The van der Waals surface area contributed by atoms with Gasteiger partial charge in [-0.3, -0.25) is 4.79 Å². The van der Waals surface area contributed by atoms with Crippen molar-refractivity contribution in [2.24, 2.45) is 0 Å². The molecular formula is C9H10ClFO2. The molecule has 2 nitrogen and oxygen atoms in total. The maximum absolute atomic E-state index is 12.1. The summed E-state index contributed by atoms with van der Waals surface area (Å²) in [6.07, 6.45) is 0. The largest absolute Gasteiger partial charge is 0.469 e. The van der Waals surface area contributed by atoms with Gasteiger partial charge < -0.3 is 4.74 Å². The van der Waals surface area contributed by atoms with E-state index in [1.54, 1.807) is 12.1 Å². The molecule has 0 atom stereocenters. The highest BCUT2D eigenvalue weighted by Gasteiger charge is 1.86. The fourth-order valence-electron chi connectivity index (χ4n) is 0.460. The lowest BCUT2D eigenvalue weighted by molar-refractivity contribution is -0.137. The smallest absolute Gasteiger partial charge is 0.302 e. The van der Waals surface area contributed by atoms with E-state index in [-0.39, 0.29) is 11.8 Å². The Bertz CT molecular complexity index is 259. The van der Waals surface area contributed by atoms with Crippen molar-refractivity contribution < 1.29 is 13.9 Å². The van der Waals surface area contributed by atoms with E-state index < -0.39 is 0 Å². The highest BCUT2D eigenvalue weighted by molar-refractivity contribution is 6.30. The third kappa shape index (κ3) is 7.28. The molecule has 0 heterocycles. The number of benzene rings is 1. The number of ether oxygens (including phenoxy) is 1. The first-order valence-electron chi connectivity index (χ1n) is 3.52. The lowest BCUT2D eigenvalue weighted by Gasteiger charge is -1.85. The van der Waals surface area contributed by atoms with Crippen LogP contribution in [0.15, 0.2) is 24.3 Å². The topological polar surface area (TPSA) is 26.3 Å². The van der Waals surface area contributed by atoms with Gasteiger partial charge in [-0.15, -0.1) is 0 Å². The summed E-state index contributed by atoms with van der Waals surface area (Å²) in [6.45, 7) is 1.36. The predicted octanol–water partition coefficient (Wildman–Crippen LogP) is 2.66. The number of esters is 1. The summed E-state index contributed by atoms with van der Waals surface area (Å²) in [6, 6.07) is 5.82. The Kier molecular flexibility index (Phi) is 5.89. The zero-order chi connectivity index (χ0) is 10.3. The van der Waals surface area contributed by atoms with Crippen LogP contribution in [-0.4, -0.2) is 13.1 Å². The summed E-state index contributed by atoms with van der Waals surface area (Å²) < 4.78 is 16.2. The van der Waals surface area contributed by atoms with Crippen molar-refractivity contribution in [2.45, 2.75) is 6.92 Å². The van der Waals surface area contributed by atoms with Gasteiger partial charge in [-0.1, -0.05) is 17.7 Å². The molecule has 72 valence electrons. The summed E-state index contributed by atoms with van der Waals surface area (Å²) >= 11 is 5.40. The van der Waals surface area contributed by atoms with Gasteiger partial charge in [0.2, 0.25) is 0 Å². The third-order valence-electron chi connectivity index (χ3n) is 1.07. The highest BCUT2D eigenvalue weighted by atomic mass is 35.5. The molecule has 0 aliphatic heterocycles. The van der Waals surface area contributed by atoms with Gasteiger partial charge in [-0.2, -0.15) is 0 Å². The minimum atomic E-state index is -0.294. The quantitative estimate of drug-likeness (QED) is 0.608. The van der Waals surface area contributed by atoms with Crippen LogP contribution in [0, 0.1) is 5.82 Å². The predicted molar refractivity (Wildman–Crippen MR) is 49.1 cm³/mol. The zero-order valence-corrected chi connectivity index (χ0v) is 8.14. The molecular weight excluding hydrogens is 195 g/mol. The lowest BCUT2D eigenvalue weighted by atomic mass is 10.4. The number of carbonyl (C=O) groups excluding carboxylic acids is 1. The molecule has 0 radical (unpaired) electrons. The maximum atomic E-state index is 12.1. The molecule has 0 spiro atoms. The number of halogens is 2. The van der Waals surface area contributed by atoms with Crippen LogP contribution in [0.1, 0.15) is 6.92 Å². The van der Waals surface area contributed by atoms with Crippen molar-refractivity contribution in [3.63, 3.8) is 0 Å². The molecule has 1 aromatic carbocycles. The molecule has 4 heteroatoms. The van der Waals surface area contributed by atoms with Crippen LogP contribution >= 0.6 is 11.6 Å². The Morgan fingerprint density at radius 2 is 2.08 bits per heavy atom. The molecule has 13 heavy (non-hydrogen) atoms. The van der Waals surface area contributed by atoms with Gasteiger partial charge in [0.15, 0.2) is 0 Å². The monoisotopic (exact) mass is 204 g/mol. The van der Waals surface area contributed by atoms with Crippen molar-refractivity contribution in [3.8, 4) is 0 Å². The molecule has 0 aliphatic carbocycles. The average molecular weight is 205 g/mol. The standard InChI is InChI=1S/C6H4ClF.C3H6O2/c7-5-2-1-3-6(8)4-5;1-3(4)5-2/h1-4H;1-2H3. The molecule has 0 unspecified atom stereocenters. The summed E-state index contributed by atoms with van der Waals surface area (Å²) in [5.41, 5.74) is 0. The minimum Gasteiger partial charge on any atom is -0.469 e. The molecule has 0 aromatic heterocycles. The molecule has 0 bridgehead atoms. The number of carbonyl (C=O) groups is 1. The van der Waals surface area contributed by atoms with E-state index in [1.807, 2.05) is 0 Å². The van der Waals surface area contributed by atoms with Crippen LogP contribution in [0.2, 0.25) is 5.02 Å². The Morgan fingerprint density at radius 3 is 2.31 bits per heavy atom. The Hall–Kier alpha value is -1.09. The second-order valence-corrected chi connectivity index (χ2v) is 2.57. The Morgan fingerprint density at radius 1 is 1.54 bits per heavy atom. The van der Waals surface area contributed by atoms with E-state index >= 15 is 0 Å². The van der Waals surface area contributed by atoms with Gasteiger partial charge in [0.1, 0.15) is 5.82 Å². The lowest BCUT2D eigenvalue weighted by Crippen LogP contribution is -1.88. The molecule has 1 rings (SSSR count). The van der Waals surface area contributed by atoms with Crippen molar-refractivity contribution in [3.05, 3.63) is 35.1 Å². The number of methoxy groups -OCH3 is 1. The van der Waals surface area contributed by atoms with Gasteiger partial charge in [0.05, 0.1) is 7.11 Å². The first-order valence-corrected chi connectivity index (χ1v) is 3.89. The van der Waals surface area contributed by atoms with Gasteiger partial charge in [-0.05, 0) is 18.2 Å². The van der Waals surface area contributed by atoms with Crippen LogP contribution in [0.4, 0.5) is 4.39 Å². The molecule has 1 aromatic rings. The number of rotatable bonds is 0. The summed E-state index contributed by atoms with van der Waals surface area (Å²) in [5.74, 6) is -0.539. The molecule has 0 N–H and O–H groups in total. The molecule has 0 fully saturated rings. The Balaban J connectivity index is 0.000000252. The van der Waals surface area contributed by atoms with E-state index in [9.17, 15) is 9.18 Å². The zero-order valence-electron chi connectivity index (χ0n) is 7.38. The van der Waals surface area contributed by atoms with Gasteiger partial charge >= 0.3 is 5.97 Å². The first kappa shape index (κ1) is 11.9. The van der Waals surface area contributed by atoms with Gasteiger partial charge in [-0.25, -0.2) is 4.39 Å². The molecule has 0 aliphatic rings. The van der Waals surface area contributed by atoms with E-state index in [1.165, 1.54) is 26.2 Å². The second kappa shape index (κ2) is 6.43. The van der Waals surface area contributed by atoms with E-state index in [2.05, 4.69) is 4.74 Å². The van der Waals surface area contributed by atoms with Crippen molar-refractivity contribution in [2.75, 3.05) is 7.11 Å². The SMILES string of the molecule is COC(C)=O.Fc1cccc(Cl)c1. The van der Waals surface area contributed by atoms with Crippen LogP contribution in [0.3, 0.4) is 0 Å². The van der Waals surface area contributed by atoms with E-state index in [0.29, 0.717) is 5.02 Å². The second-order valence-electron chi connectivity index (χ2n) is 2.14. The summed E-state index contributed by atoms with van der Waals surface area (Å²) in [4.78, 5) is 9.59. The first-order chi connectivity index (χ1) is 6.06. The van der Waals surface area contributed by atoms with E-state index in [0.717, 1.165) is 0 Å². The van der Waals surface area contributed by atoms with Crippen LogP contribution < -0.4 is 0 Å². The number of hydrogen-bond donors (Lipinski definition) is 0.